The molecule has 1 aromatic heterocycles. The van der Waals surface area contributed by atoms with Crippen LogP contribution in [0.1, 0.15) is 16.7 Å². The quantitative estimate of drug-likeness (QED) is 0.226. The third-order valence-corrected chi connectivity index (χ3v) is 7.59. The Hall–Kier alpha value is -5.44. The second-order valence-electron chi connectivity index (χ2n) is 10.7. The zero-order valence-electron chi connectivity index (χ0n) is 25.3. The number of rotatable bonds is 6. The van der Waals surface area contributed by atoms with E-state index in [-0.39, 0.29) is 11.8 Å². The van der Waals surface area contributed by atoms with Crippen LogP contribution in [0.3, 0.4) is 0 Å². The normalized spacial score (nSPS) is 14.0. The molecule has 0 unspecified atom stereocenters. The fourth-order valence-electron chi connectivity index (χ4n) is 4.99. The summed E-state index contributed by atoms with van der Waals surface area (Å²) in [5.74, 6) is 4.20. The highest BCUT2D eigenvalue weighted by molar-refractivity contribution is 6.22. The van der Waals surface area contributed by atoms with E-state index < -0.39 is 12.0 Å². The molecule has 1 saturated heterocycles. The summed E-state index contributed by atoms with van der Waals surface area (Å²) in [6.45, 7) is 4.01. The van der Waals surface area contributed by atoms with Crippen LogP contribution in [0.5, 0.6) is 5.88 Å². The number of aliphatic imine (C=N–C) groups is 1. The van der Waals surface area contributed by atoms with Gasteiger partial charge in [-0.25, -0.2) is 9.79 Å². The van der Waals surface area contributed by atoms with Gasteiger partial charge in [-0.1, -0.05) is 42.3 Å². The summed E-state index contributed by atoms with van der Waals surface area (Å²) in [5.41, 5.74) is 4.33. The Morgan fingerprint density at radius 2 is 1.73 bits per heavy atom. The van der Waals surface area contributed by atoms with Crippen molar-refractivity contribution in [2.24, 2.45) is 4.99 Å². The number of anilines is 1. The summed E-state index contributed by atoms with van der Waals surface area (Å²) in [6, 6.07) is 22.1. The summed E-state index contributed by atoms with van der Waals surface area (Å²) >= 11 is 0. The van der Waals surface area contributed by atoms with Crippen LogP contribution in [0.25, 0.3) is 10.9 Å². The molecule has 1 aliphatic heterocycles. The van der Waals surface area contributed by atoms with Gasteiger partial charge in [-0.15, -0.1) is 0 Å². The number of hydrogen-bond donors (Lipinski definition) is 3. The van der Waals surface area contributed by atoms with Gasteiger partial charge in [0.25, 0.3) is 0 Å². The van der Waals surface area contributed by atoms with E-state index in [9.17, 15) is 19.5 Å². The van der Waals surface area contributed by atoms with E-state index in [4.69, 9.17) is 4.99 Å². The van der Waals surface area contributed by atoms with Gasteiger partial charge in [0.15, 0.2) is 5.88 Å². The molecular weight excluding hydrogens is 572 g/mol. The number of methoxy groups -OCH3 is 1. The Morgan fingerprint density at radius 1 is 1.02 bits per heavy atom. The Kier molecular flexibility index (Phi) is 9.57. The number of aromatic hydroxyl groups is 1. The van der Waals surface area contributed by atoms with Crippen LogP contribution in [-0.4, -0.2) is 97.4 Å². The minimum Gasteiger partial charge on any atom is -0.494 e. The minimum atomic E-state index is -0.896. The molecular formula is C34H34N6O5. The number of nitrogens with one attached hydrogen (secondary N) is 2. The van der Waals surface area contributed by atoms with Crippen molar-refractivity contribution >= 4 is 45.9 Å². The molecule has 5 rings (SSSR count). The monoisotopic (exact) mass is 606 g/mol. The number of imide groups is 1. The molecule has 11 heteroatoms. The molecule has 0 saturated carbocycles. The molecule has 11 nitrogen and oxygen atoms in total. The van der Waals surface area contributed by atoms with Crippen LogP contribution in [0.15, 0.2) is 77.8 Å². The first-order chi connectivity index (χ1) is 21.7. The first-order valence-electron chi connectivity index (χ1n) is 14.4. The number of likely N-dealkylation sites (N-methyl/N-ethyl adjacent to an activating group) is 2. The zero-order chi connectivity index (χ0) is 31.9. The van der Waals surface area contributed by atoms with E-state index in [0.717, 1.165) is 44.5 Å². The van der Waals surface area contributed by atoms with Crippen molar-refractivity contribution in [2.45, 2.75) is 0 Å². The number of alkyl carbamates (subject to hydrolysis) is 1. The fourth-order valence-corrected chi connectivity index (χ4v) is 4.99. The predicted octanol–water partition coefficient (Wildman–Crippen LogP) is 3.49. The third kappa shape index (κ3) is 7.56. The minimum absolute atomic E-state index is 0.0256. The summed E-state index contributed by atoms with van der Waals surface area (Å²) in [5, 5.41) is 13.7. The highest BCUT2D eigenvalue weighted by Crippen LogP contribution is 2.32. The maximum Gasteiger partial charge on any atom is 0.414 e. The number of benzene rings is 3. The first-order valence-corrected chi connectivity index (χ1v) is 14.4. The van der Waals surface area contributed by atoms with Gasteiger partial charge in [-0.3, -0.25) is 19.8 Å². The molecule has 0 bridgehead atoms. The number of amides is 3. The molecule has 0 spiro atoms. The number of carbonyl (C=O) groups is 3. The Labute approximate surface area is 261 Å². The largest absolute Gasteiger partial charge is 0.494 e. The molecule has 4 aromatic rings. The number of piperazine rings is 1. The number of hydrogen-bond acceptors (Lipinski definition) is 8. The van der Waals surface area contributed by atoms with Crippen LogP contribution in [0.2, 0.25) is 0 Å². The Morgan fingerprint density at radius 3 is 2.42 bits per heavy atom. The summed E-state index contributed by atoms with van der Waals surface area (Å²) in [7, 11) is 5.02. The summed E-state index contributed by atoms with van der Waals surface area (Å²) < 4.78 is 4.40. The van der Waals surface area contributed by atoms with Gasteiger partial charge >= 0.3 is 12.0 Å². The van der Waals surface area contributed by atoms with Crippen LogP contribution >= 0.6 is 0 Å². The second kappa shape index (κ2) is 13.9. The number of aromatic nitrogens is 1. The zero-order valence-corrected chi connectivity index (χ0v) is 25.3. The average molecular weight is 607 g/mol. The number of aromatic amines is 1. The van der Waals surface area contributed by atoms with Gasteiger partial charge in [-0.05, 0) is 43.4 Å². The highest BCUT2D eigenvalue weighted by atomic mass is 16.5. The van der Waals surface area contributed by atoms with E-state index in [0.29, 0.717) is 40.0 Å². The number of ether oxygens (including phenoxy) is 1. The van der Waals surface area contributed by atoms with E-state index in [1.54, 1.807) is 30.1 Å². The SMILES string of the molecule is COC(=O)NC(=O)C#Cc1ccc2c(C(=Nc3ccc(N(C)C(=O)CN4CCN(C)CC4)cc3)c3ccccc3)c(O)[nH]c2c1. The summed E-state index contributed by atoms with van der Waals surface area (Å²) in [4.78, 5) is 50.1. The van der Waals surface area contributed by atoms with E-state index in [1.165, 1.54) is 0 Å². The van der Waals surface area contributed by atoms with Crippen molar-refractivity contribution < 1.29 is 24.2 Å². The van der Waals surface area contributed by atoms with Gasteiger partial charge in [-0.2, -0.15) is 0 Å². The fraction of sp³-hybridized carbons (Fsp3) is 0.235. The van der Waals surface area contributed by atoms with Gasteiger partial charge < -0.3 is 24.6 Å². The number of fused-ring (bicyclic) bond motifs is 1. The lowest BCUT2D eigenvalue weighted by Crippen LogP contribution is -2.48. The number of nitrogens with zero attached hydrogens (tertiary/aromatic N) is 4. The molecule has 1 fully saturated rings. The van der Waals surface area contributed by atoms with Gasteiger partial charge in [0.05, 0.1) is 36.1 Å². The lowest BCUT2D eigenvalue weighted by Gasteiger charge is -2.32. The number of carbonyl (C=O) groups excluding carboxylic acids is 3. The Balaban J connectivity index is 1.41. The summed E-state index contributed by atoms with van der Waals surface area (Å²) in [6.07, 6.45) is -0.896. The van der Waals surface area contributed by atoms with E-state index in [1.807, 2.05) is 59.9 Å². The molecule has 3 N–H and O–H groups in total. The predicted molar refractivity (Wildman–Crippen MR) is 173 cm³/mol. The van der Waals surface area contributed by atoms with Crippen LogP contribution in [-0.2, 0) is 14.3 Å². The Bertz CT molecular complexity index is 1800. The first kappa shape index (κ1) is 31.0. The number of H-pyrrole nitrogens is 1. The van der Waals surface area contributed by atoms with Crippen LogP contribution in [0, 0.1) is 11.8 Å². The van der Waals surface area contributed by atoms with E-state index >= 15 is 0 Å². The lowest BCUT2D eigenvalue weighted by atomic mass is 10.00. The molecule has 0 atom stereocenters. The third-order valence-electron chi connectivity index (χ3n) is 7.59. The van der Waals surface area contributed by atoms with Crippen molar-refractivity contribution in [3.63, 3.8) is 0 Å². The molecule has 3 aromatic carbocycles. The van der Waals surface area contributed by atoms with Gasteiger partial charge in [0.1, 0.15) is 0 Å². The molecule has 230 valence electrons. The van der Waals surface area contributed by atoms with Crippen molar-refractivity contribution in [1.82, 2.24) is 20.1 Å². The smallest absolute Gasteiger partial charge is 0.414 e. The van der Waals surface area contributed by atoms with Crippen molar-refractivity contribution in [1.29, 1.82) is 0 Å². The van der Waals surface area contributed by atoms with Crippen LogP contribution < -0.4 is 10.2 Å². The van der Waals surface area contributed by atoms with Gasteiger partial charge in [0.2, 0.25) is 5.91 Å². The second-order valence-corrected chi connectivity index (χ2v) is 10.7. The van der Waals surface area contributed by atoms with Crippen molar-refractivity contribution in [2.75, 3.05) is 58.8 Å². The maximum absolute atomic E-state index is 13.0. The maximum atomic E-state index is 13.0. The highest BCUT2D eigenvalue weighted by Gasteiger charge is 2.21. The van der Waals surface area contributed by atoms with Crippen molar-refractivity contribution in [3.8, 4) is 17.7 Å². The van der Waals surface area contributed by atoms with E-state index in [2.05, 4.69) is 38.4 Å². The van der Waals surface area contributed by atoms with Crippen molar-refractivity contribution in [3.05, 3.63) is 89.5 Å². The van der Waals surface area contributed by atoms with Crippen LogP contribution in [0.4, 0.5) is 16.2 Å². The molecule has 0 radical (unpaired) electrons. The molecule has 1 aliphatic rings. The standard InChI is InChI=1S/C34H34N6O5/c1-38-17-19-40(20-18-38)22-30(42)39(2)26-13-11-25(12-14-26)35-32(24-7-5-4-6-8-24)31-27-15-9-23(21-28(27)36-33(31)43)10-16-29(41)37-34(44)45-3/h4-9,11-15,21,36,43H,17-20,22H2,1-3H3,(H,37,41,44). The average Bonchev–Trinajstić information content (AvgIpc) is 3.38. The molecule has 45 heavy (non-hydrogen) atoms. The molecule has 3 amide bonds. The molecule has 0 aliphatic carbocycles. The molecule has 2 heterocycles. The topological polar surface area (TPSA) is 131 Å². The lowest BCUT2D eigenvalue weighted by molar-refractivity contribution is -0.120. The van der Waals surface area contributed by atoms with Gasteiger partial charge in [0, 0.05) is 61.3 Å².